The molecule has 4 rings (SSSR count). The van der Waals surface area contributed by atoms with Crippen LogP contribution in [-0.4, -0.2) is 31.6 Å². The van der Waals surface area contributed by atoms with Crippen LogP contribution >= 0.6 is 11.3 Å². The van der Waals surface area contributed by atoms with Gasteiger partial charge in [0.05, 0.1) is 16.6 Å². The number of thiophene rings is 1. The minimum Gasteiger partial charge on any atom is -0.337 e. The number of aromatic nitrogens is 4. The Labute approximate surface area is 144 Å². The number of hydrogen-bond acceptors (Lipinski definition) is 7. The molecule has 6 nitrogen and oxygen atoms in total. The Morgan fingerprint density at radius 1 is 1.38 bits per heavy atom. The minimum atomic E-state index is 0.0689. The molecular formula is C17H19N5OS. The quantitative estimate of drug-likeness (QED) is 0.725. The lowest BCUT2D eigenvalue weighted by molar-refractivity contribution is 0.155. The number of nitrogens with zero attached hydrogens (tertiary/aromatic N) is 5. The summed E-state index contributed by atoms with van der Waals surface area (Å²) in [5, 5.41) is 6.13. The summed E-state index contributed by atoms with van der Waals surface area (Å²) in [6, 6.07) is 4.07. The van der Waals surface area contributed by atoms with Crippen molar-refractivity contribution in [3.8, 4) is 10.7 Å². The molecule has 1 aliphatic rings. The van der Waals surface area contributed by atoms with E-state index < -0.39 is 0 Å². The van der Waals surface area contributed by atoms with Crippen molar-refractivity contribution in [1.29, 1.82) is 0 Å². The maximum Gasteiger partial charge on any atom is 0.244 e. The first kappa shape index (κ1) is 15.4. The second kappa shape index (κ2) is 6.41. The van der Waals surface area contributed by atoms with E-state index in [9.17, 15) is 0 Å². The van der Waals surface area contributed by atoms with Crippen LogP contribution in [0.1, 0.15) is 42.9 Å². The molecule has 24 heavy (non-hydrogen) atoms. The first-order chi connectivity index (χ1) is 11.7. The summed E-state index contributed by atoms with van der Waals surface area (Å²) in [6.07, 6.45) is 3.79. The van der Waals surface area contributed by atoms with Gasteiger partial charge in [-0.3, -0.25) is 4.90 Å². The Bertz CT molecular complexity index is 829. The SMILES string of the molecule is CCc1ncc2c(n1)CN(C(C)c1nc(-c3cccs3)no1)CC2. The van der Waals surface area contributed by atoms with Crippen LogP contribution < -0.4 is 0 Å². The van der Waals surface area contributed by atoms with Crippen LogP contribution in [0.3, 0.4) is 0 Å². The van der Waals surface area contributed by atoms with Gasteiger partial charge in [-0.1, -0.05) is 18.1 Å². The van der Waals surface area contributed by atoms with E-state index in [2.05, 4.69) is 38.9 Å². The third-order valence-electron chi connectivity index (χ3n) is 4.43. The third-order valence-corrected chi connectivity index (χ3v) is 5.30. The van der Waals surface area contributed by atoms with Crippen molar-refractivity contribution in [2.45, 2.75) is 39.3 Å². The second-order valence-corrected chi connectivity index (χ2v) is 6.89. The van der Waals surface area contributed by atoms with E-state index in [4.69, 9.17) is 4.52 Å². The average molecular weight is 341 g/mol. The Kier molecular flexibility index (Phi) is 4.12. The van der Waals surface area contributed by atoms with E-state index in [1.54, 1.807) is 11.3 Å². The monoisotopic (exact) mass is 341 g/mol. The fourth-order valence-corrected chi connectivity index (χ4v) is 3.58. The Balaban J connectivity index is 1.54. The summed E-state index contributed by atoms with van der Waals surface area (Å²) in [4.78, 5) is 17.0. The fourth-order valence-electron chi connectivity index (χ4n) is 2.93. The molecule has 0 saturated carbocycles. The zero-order valence-electron chi connectivity index (χ0n) is 13.8. The smallest absolute Gasteiger partial charge is 0.244 e. The van der Waals surface area contributed by atoms with Crippen LogP contribution in [0.2, 0.25) is 0 Å². The molecule has 3 aromatic rings. The first-order valence-electron chi connectivity index (χ1n) is 8.19. The highest BCUT2D eigenvalue weighted by atomic mass is 32.1. The van der Waals surface area contributed by atoms with E-state index in [-0.39, 0.29) is 6.04 Å². The number of rotatable bonds is 4. The zero-order chi connectivity index (χ0) is 16.5. The molecule has 0 spiro atoms. The van der Waals surface area contributed by atoms with E-state index in [1.807, 2.05) is 23.7 Å². The van der Waals surface area contributed by atoms with Gasteiger partial charge in [0.25, 0.3) is 0 Å². The molecule has 4 heterocycles. The molecule has 3 aromatic heterocycles. The number of fused-ring (bicyclic) bond motifs is 1. The molecule has 1 unspecified atom stereocenters. The molecule has 0 aliphatic carbocycles. The highest BCUT2D eigenvalue weighted by molar-refractivity contribution is 7.13. The second-order valence-electron chi connectivity index (χ2n) is 5.94. The summed E-state index contributed by atoms with van der Waals surface area (Å²) in [6.45, 7) is 5.93. The van der Waals surface area contributed by atoms with Gasteiger partial charge in [0.15, 0.2) is 0 Å². The molecule has 0 N–H and O–H groups in total. The predicted octanol–water partition coefficient (Wildman–Crippen LogP) is 3.27. The molecule has 0 radical (unpaired) electrons. The van der Waals surface area contributed by atoms with Gasteiger partial charge in [-0.05, 0) is 30.4 Å². The van der Waals surface area contributed by atoms with Gasteiger partial charge in [0.2, 0.25) is 11.7 Å². The zero-order valence-corrected chi connectivity index (χ0v) is 14.6. The van der Waals surface area contributed by atoms with E-state index in [0.717, 1.165) is 42.3 Å². The molecule has 0 bridgehead atoms. The summed E-state index contributed by atoms with van der Waals surface area (Å²) in [7, 11) is 0. The minimum absolute atomic E-state index is 0.0689. The standard InChI is InChI=1S/C17H19N5OS/c1-3-15-18-9-12-6-7-22(10-13(12)19-15)11(2)17-20-16(21-23-17)14-5-4-8-24-14/h4-5,8-9,11H,3,6-7,10H2,1-2H3. The molecule has 0 amide bonds. The van der Waals surface area contributed by atoms with Gasteiger partial charge in [-0.2, -0.15) is 4.98 Å². The van der Waals surface area contributed by atoms with Crippen LogP contribution in [0.25, 0.3) is 10.7 Å². The van der Waals surface area contributed by atoms with Crippen LogP contribution in [0.4, 0.5) is 0 Å². The van der Waals surface area contributed by atoms with Crippen molar-refractivity contribution in [1.82, 2.24) is 25.0 Å². The maximum absolute atomic E-state index is 5.51. The summed E-state index contributed by atoms with van der Waals surface area (Å²) in [5.41, 5.74) is 2.37. The molecule has 0 aromatic carbocycles. The number of hydrogen-bond donors (Lipinski definition) is 0. The van der Waals surface area contributed by atoms with Crippen LogP contribution in [0.5, 0.6) is 0 Å². The van der Waals surface area contributed by atoms with Gasteiger partial charge < -0.3 is 4.52 Å². The molecule has 1 aliphatic heterocycles. The molecular weight excluding hydrogens is 322 g/mol. The van der Waals surface area contributed by atoms with Crippen molar-refractivity contribution in [2.24, 2.45) is 0 Å². The average Bonchev–Trinajstić information content (AvgIpc) is 3.31. The molecule has 1 atom stereocenters. The lowest BCUT2D eigenvalue weighted by atomic mass is 10.1. The normalized spacial score (nSPS) is 16.1. The number of aryl methyl sites for hydroxylation is 1. The highest BCUT2D eigenvalue weighted by Crippen LogP contribution is 2.28. The molecule has 0 saturated heterocycles. The van der Waals surface area contributed by atoms with E-state index >= 15 is 0 Å². The van der Waals surface area contributed by atoms with E-state index in [0.29, 0.717) is 11.7 Å². The van der Waals surface area contributed by atoms with Crippen molar-refractivity contribution >= 4 is 11.3 Å². The van der Waals surface area contributed by atoms with Gasteiger partial charge >= 0.3 is 0 Å². The van der Waals surface area contributed by atoms with Crippen molar-refractivity contribution in [3.63, 3.8) is 0 Å². The van der Waals surface area contributed by atoms with Crippen LogP contribution in [0.15, 0.2) is 28.2 Å². The van der Waals surface area contributed by atoms with E-state index in [1.165, 1.54) is 5.56 Å². The molecule has 124 valence electrons. The van der Waals surface area contributed by atoms with Crippen molar-refractivity contribution < 1.29 is 4.52 Å². The third kappa shape index (κ3) is 2.85. The largest absolute Gasteiger partial charge is 0.337 e. The van der Waals surface area contributed by atoms with Crippen molar-refractivity contribution in [3.05, 3.63) is 46.7 Å². The van der Waals surface area contributed by atoms with Gasteiger partial charge in [-0.25, -0.2) is 9.97 Å². The van der Waals surface area contributed by atoms with Crippen LogP contribution in [-0.2, 0) is 19.4 Å². The Morgan fingerprint density at radius 3 is 3.08 bits per heavy atom. The fraction of sp³-hybridized carbons (Fsp3) is 0.412. The summed E-state index contributed by atoms with van der Waals surface area (Å²) < 4.78 is 5.51. The van der Waals surface area contributed by atoms with Gasteiger partial charge in [-0.15, -0.1) is 11.3 Å². The predicted molar refractivity (Wildman–Crippen MR) is 91.6 cm³/mol. The Hall–Kier alpha value is -2.12. The summed E-state index contributed by atoms with van der Waals surface area (Å²) in [5.74, 6) is 2.23. The highest BCUT2D eigenvalue weighted by Gasteiger charge is 2.27. The topological polar surface area (TPSA) is 67.9 Å². The lowest BCUT2D eigenvalue weighted by Gasteiger charge is -2.31. The lowest BCUT2D eigenvalue weighted by Crippen LogP contribution is -2.34. The molecule has 0 fully saturated rings. The maximum atomic E-state index is 5.51. The van der Waals surface area contributed by atoms with Gasteiger partial charge in [0.1, 0.15) is 5.82 Å². The van der Waals surface area contributed by atoms with Crippen molar-refractivity contribution in [2.75, 3.05) is 6.54 Å². The van der Waals surface area contributed by atoms with Gasteiger partial charge in [0, 0.05) is 25.7 Å². The first-order valence-corrected chi connectivity index (χ1v) is 9.07. The Morgan fingerprint density at radius 2 is 2.29 bits per heavy atom. The summed E-state index contributed by atoms with van der Waals surface area (Å²) >= 11 is 1.62. The molecule has 7 heteroatoms. The van der Waals surface area contributed by atoms with Crippen LogP contribution in [0, 0.1) is 0 Å².